The van der Waals surface area contributed by atoms with Gasteiger partial charge in [0.2, 0.25) is 5.88 Å². The van der Waals surface area contributed by atoms with Crippen LogP contribution in [0.5, 0.6) is 5.88 Å². The van der Waals surface area contributed by atoms with Crippen LogP contribution in [0.3, 0.4) is 0 Å². The van der Waals surface area contributed by atoms with Gasteiger partial charge in [0.1, 0.15) is 12.1 Å². The zero-order valence-corrected chi connectivity index (χ0v) is 10.9. The standard InChI is InChI=1S/C12H21N3O2/c1-5-12(6-2,7-16)15-10-9(3)11(17-4)14-8-13-10/h8,16H,5-7H2,1-4H3,(H,13,14,15). The minimum absolute atomic E-state index is 0.0752. The maximum Gasteiger partial charge on any atom is 0.221 e. The molecule has 0 fully saturated rings. The molecular formula is C12H21N3O2. The summed E-state index contributed by atoms with van der Waals surface area (Å²) in [7, 11) is 1.58. The van der Waals surface area contributed by atoms with Crippen molar-refractivity contribution in [1.29, 1.82) is 0 Å². The van der Waals surface area contributed by atoms with Gasteiger partial charge >= 0.3 is 0 Å². The number of anilines is 1. The highest BCUT2D eigenvalue weighted by atomic mass is 16.5. The fourth-order valence-corrected chi connectivity index (χ4v) is 1.71. The van der Waals surface area contributed by atoms with E-state index in [-0.39, 0.29) is 12.1 Å². The summed E-state index contributed by atoms with van der Waals surface area (Å²) in [5, 5.41) is 12.8. The summed E-state index contributed by atoms with van der Waals surface area (Å²) in [5.74, 6) is 1.27. The lowest BCUT2D eigenvalue weighted by Crippen LogP contribution is -2.41. The molecule has 0 aliphatic rings. The molecule has 0 saturated heterocycles. The quantitative estimate of drug-likeness (QED) is 0.791. The predicted octanol–water partition coefficient (Wildman–Crippen LogP) is 1.76. The summed E-state index contributed by atoms with van der Waals surface area (Å²) >= 11 is 0. The summed E-state index contributed by atoms with van der Waals surface area (Å²) < 4.78 is 5.15. The Kier molecular flexibility index (Phi) is 4.69. The van der Waals surface area contributed by atoms with Gasteiger partial charge in [-0.25, -0.2) is 9.97 Å². The number of aromatic nitrogens is 2. The van der Waals surface area contributed by atoms with Crippen LogP contribution >= 0.6 is 0 Å². The van der Waals surface area contributed by atoms with E-state index < -0.39 is 0 Å². The Morgan fingerprint density at radius 2 is 2.00 bits per heavy atom. The molecule has 0 amide bonds. The summed E-state index contributed by atoms with van der Waals surface area (Å²) in [6.07, 6.45) is 3.11. The van der Waals surface area contributed by atoms with E-state index in [0.29, 0.717) is 5.88 Å². The fourth-order valence-electron chi connectivity index (χ4n) is 1.71. The number of aliphatic hydroxyl groups is 1. The van der Waals surface area contributed by atoms with Crippen molar-refractivity contribution in [2.75, 3.05) is 19.0 Å². The van der Waals surface area contributed by atoms with Crippen LogP contribution in [0.4, 0.5) is 5.82 Å². The van der Waals surface area contributed by atoms with Crippen molar-refractivity contribution in [2.45, 2.75) is 39.2 Å². The smallest absolute Gasteiger partial charge is 0.221 e. The Morgan fingerprint density at radius 3 is 2.47 bits per heavy atom. The first-order chi connectivity index (χ1) is 8.12. The highest BCUT2D eigenvalue weighted by molar-refractivity contribution is 5.49. The Labute approximate surface area is 102 Å². The largest absolute Gasteiger partial charge is 0.481 e. The third-order valence-electron chi connectivity index (χ3n) is 3.27. The van der Waals surface area contributed by atoms with E-state index in [4.69, 9.17) is 4.74 Å². The van der Waals surface area contributed by atoms with Crippen molar-refractivity contribution in [2.24, 2.45) is 0 Å². The molecule has 0 aliphatic heterocycles. The van der Waals surface area contributed by atoms with Crippen LogP contribution in [0, 0.1) is 6.92 Å². The average Bonchev–Trinajstić information content (AvgIpc) is 2.38. The maximum atomic E-state index is 9.52. The first-order valence-corrected chi connectivity index (χ1v) is 5.87. The zero-order valence-electron chi connectivity index (χ0n) is 10.9. The van der Waals surface area contributed by atoms with Crippen LogP contribution in [0.2, 0.25) is 0 Å². The zero-order chi connectivity index (χ0) is 12.9. The van der Waals surface area contributed by atoms with E-state index in [1.807, 2.05) is 20.8 Å². The Balaban J connectivity index is 3.01. The van der Waals surface area contributed by atoms with Crippen LogP contribution in [-0.4, -0.2) is 34.3 Å². The van der Waals surface area contributed by atoms with Gasteiger partial charge in [0.15, 0.2) is 0 Å². The van der Waals surface area contributed by atoms with Crippen LogP contribution in [0.1, 0.15) is 32.3 Å². The van der Waals surface area contributed by atoms with Gasteiger partial charge in [-0.15, -0.1) is 0 Å². The Morgan fingerprint density at radius 1 is 1.35 bits per heavy atom. The summed E-state index contributed by atoms with van der Waals surface area (Å²) in [6, 6.07) is 0. The number of aliphatic hydroxyl groups excluding tert-OH is 1. The number of hydrogen-bond donors (Lipinski definition) is 2. The van der Waals surface area contributed by atoms with Gasteiger partial charge in [0.25, 0.3) is 0 Å². The molecule has 5 nitrogen and oxygen atoms in total. The Bertz CT molecular complexity index is 357. The summed E-state index contributed by atoms with van der Waals surface area (Å²) in [6.45, 7) is 6.06. The second kappa shape index (κ2) is 5.82. The molecule has 1 aromatic heterocycles. The van der Waals surface area contributed by atoms with Crippen molar-refractivity contribution in [1.82, 2.24) is 9.97 Å². The Hall–Kier alpha value is -1.36. The molecule has 1 rings (SSSR count). The molecule has 0 aromatic carbocycles. The maximum absolute atomic E-state index is 9.52. The highest BCUT2D eigenvalue weighted by Gasteiger charge is 2.26. The minimum atomic E-state index is -0.329. The topological polar surface area (TPSA) is 67.3 Å². The normalized spacial score (nSPS) is 11.4. The van der Waals surface area contributed by atoms with Gasteiger partial charge in [0.05, 0.1) is 24.8 Å². The first kappa shape index (κ1) is 13.7. The third-order valence-corrected chi connectivity index (χ3v) is 3.27. The molecule has 96 valence electrons. The lowest BCUT2D eigenvalue weighted by molar-refractivity contribution is 0.202. The van der Waals surface area contributed by atoms with Crippen molar-refractivity contribution < 1.29 is 9.84 Å². The number of hydrogen-bond acceptors (Lipinski definition) is 5. The van der Waals surface area contributed by atoms with Crippen molar-refractivity contribution >= 4 is 5.82 Å². The average molecular weight is 239 g/mol. The van der Waals surface area contributed by atoms with E-state index in [0.717, 1.165) is 24.2 Å². The second-order valence-corrected chi connectivity index (χ2v) is 4.13. The van der Waals surface area contributed by atoms with Crippen LogP contribution < -0.4 is 10.1 Å². The molecule has 0 saturated carbocycles. The first-order valence-electron chi connectivity index (χ1n) is 5.87. The molecular weight excluding hydrogens is 218 g/mol. The van der Waals surface area contributed by atoms with E-state index in [1.54, 1.807) is 7.11 Å². The van der Waals surface area contributed by atoms with Crippen LogP contribution in [0.25, 0.3) is 0 Å². The molecule has 0 atom stereocenters. The molecule has 5 heteroatoms. The third kappa shape index (κ3) is 2.85. The van der Waals surface area contributed by atoms with Gasteiger partial charge in [-0.1, -0.05) is 13.8 Å². The van der Waals surface area contributed by atoms with Gasteiger partial charge < -0.3 is 15.2 Å². The summed E-state index contributed by atoms with van der Waals surface area (Å²) in [5.41, 5.74) is 0.527. The lowest BCUT2D eigenvalue weighted by atomic mass is 9.94. The monoisotopic (exact) mass is 239 g/mol. The van der Waals surface area contributed by atoms with Crippen molar-refractivity contribution in [3.8, 4) is 5.88 Å². The van der Waals surface area contributed by atoms with Gasteiger partial charge in [-0.05, 0) is 19.8 Å². The predicted molar refractivity (Wildman–Crippen MR) is 67.3 cm³/mol. The fraction of sp³-hybridized carbons (Fsp3) is 0.667. The molecule has 0 spiro atoms. The van der Waals surface area contributed by atoms with Gasteiger partial charge in [0, 0.05) is 0 Å². The van der Waals surface area contributed by atoms with E-state index in [2.05, 4.69) is 15.3 Å². The van der Waals surface area contributed by atoms with E-state index in [1.165, 1.54) is 6.33 Å². The van der Waals surface area contributed by atoms with Gasteiger partial charge in [-0.3, -0.25) is 0 Å². The molecule has 17 heavy (non-hydrogen) atoms. The van der Waals surface area contributed by atoms with Crippen molar-refractivity contribution in [3.05, 3.63) is 11.9 Å². The van der Waals surface area contributed by atoms with Gasteiger partial charge in [-0.2, -0.15) is 0 Å². The molecule has 0 unspecified atom stereocenters. The molecule has 0 radical (unpaired) electrons. The van der Waals surface area contributed by atoms with E-state index in [9.17, 15) is 5.11 Å². The molecule has 1 heterocycles. The molecule has 0 aliphatic carbocycles. The highest BCUT2D eigenvalue weighted by Crippen LogP contribution is 2.26. The lowest BCUT2D eigenvalue weighted by Gasteiger charge is -2.31. The number of nitrogens with zero attached hydrogens (tertiary/aromatic N) is 2. The molecule has 1 aromatic rings. The van der Waals surface area contributed by atoms with E-state index >= 15 is 0 Å². The van der Waals surface area contributed by atoms with Crippen molar-refractivity contribution in [3.63, 3.8) is 0 Å². The second-order valence-electron chi connectivity index (χ2n) is 4.13. The number of ether oxygens (including phenoxy) is 1. The minimum Gasteiger partial charge on any atom is -0.481 e. The molecule has 0 bridgehead atoms. The number of rotatable bonds is 6. The molecule has 2 N–H and O–H groups in total. The summed E-state index contributed by atoms with van der Waals surface area (Å²) in [4.78, 5) is 8.23. The van der Waals surface area contributed by atoms with Crippen LogP contribution in [-0.2, 0) is 0 Å². The SMILES string of the molecule is CCC(CC)(CO)Nc1ncnc(OC)c1C. The number of methoxy groups -OCH3 is 1. The van der Waals surface area contributed by atoms with Crippen LogP contribution in [0.15, 0.2) is 6.33 Å². The number of nitrogens with one attached hydrogen (secondary N) is 1.